The largest absolute Gasteiger partial charge is 0.383 e. The Morgan fingerprint density at radius 1 is 1.29 bits per heavy atom. The molecule has 1 aromatic heterocycles. The van der Waals surface area contributed by atoms with Crippen molar-refractivity contribution < 1.29 is 4.79 Å². The molecule has 1 amide bonds. The number of amides is 1. The normalized spacial score (nSPS) is 27.4. The highest BCUT2D eigenvalue weighted by atomic mass is 16.1. The van der Waals surface area contributed by atoms with Crippen molar-refractivity contribution in [1.29, 1.82) is 0 Å². The van der Waals surface area contributed by atoms with E-state index < -0.39 is 0 Å². The molecule has 3 atom stereocenters. The molecule has 0 aromatic carbocycles. The quantitative estimate of drug-likeness (QED) is 0.819. The van der Waals surface area contributed by atoms with Crippen LogP contribution < -0.4 is 10.6 Å². The van der Waals surface area contributed by atoms with E-state index in [0.717, 1.165) is 30.1 Å². The second kappa shape index (κ2) is 6.46. The van der Waals surface area contributed by atoms with Gasteiger partial charge >= 0.3 is 0 Å². The van der Waals surface area contributed by atoms with Crippen LogP contribution in [0.15, 0.2) is 18.5 Å². The smallest absolute Gasteiger partial charge is 0.223 e. The lowest BCUT2D eigenvalue weighted by Gasteiger charge is -2.18. The van der Waals surface area contributed by atoms with Crippen molar-refractivity contribution >= 4 is 11.6 Å². The van der Waals surface area contributed by atoms with Crippen LogP contribution in [0.5, 0.6) is 0 Å². The van der Waals surface area contributed by atoms with Crippen LogP contribution >= 0.6 is 0 Å². The van der Waals surface area contributed by atoms with Crippen LogP contribution in [-0.2, 0) is 4.79 Å². The van der Waals surface area contributed by atoms with Crippen molar-refractivity contribution in [2.75, 3.05) is 18.4 Å². The number of nitrogens with zero attached hydrogens (tertiary/aromatic N) is 1. The van der Waals surface area contributed by atoms with Crippen molar-refractivity contribution in [2.24, 2.45) is 17.8 Å². The third kappa shape index (κ3) is 3.20. The van der Waals surface area contributed by atoms with Crippen molar-refractivity contribution in [3.63, 3.8) is 0 Å². The molecular formula is C17H25N3O. The zero-order valence-corrected chi connectivity index (χ0v) is 12.8. The lowest BCUT2D eigenvalue weighted by molar-refractivity contribution is -0.126. The van der Waals surface area contributed by atoms with Crippen molar-refractivity contribution in [2.45, 2.75) is 39.0 Å². The van der Waals surface area contributed by atoms with Crippen molar-refractivity contribution in [3.05, 3.63) is 24.0 Å². The standard InChI is InChI=1S/C17H25N3O/c1-12-11-18-8-7-16(12)19-9-10-20-17(21)15-6-5-13-3-2-4-14(13)15/h7-8,11,13-15H,2-6,9-10H2,1H3,(H,18,19)(H,20,21)/t13-,14-,15-/m0/s1. The summed E-state index contributed by atoms with van der Waals surface area (Å²) in [7, 11) is 0. The molecule has 2 aliphatic rings. The molecule has 0 aliphatic heterocycles. The minimum Gasteiger partial charge on any atom is -0.383 e. The summed E-state index contributed by atoms with van der Waals surface area (Å²) in [5, 5.41) is 6.46. The maximum absolute atomic E-state index is 12.3. The summed E-state index contributed by atoms with van der Waals surface area (Å²) >= 11 is 0. The number of hydrogen-bond acceptors (Lipinski definition) is 3. The summed E-state index contributed by atoms with van der Waals surface area (Å²) < 4.78 is 0. The molecule has 3 rings (SSSR count). The third-order valence-corrected chi connectivity index (χ3v) is 5.18. The van der Waals surface area contributed by atoms with Gasteiger partial charge in [-0.05, 0) is 49.7 Å². The first kappa shape index (κ1) is 14.4. The summed E-state index contributed by atoms with van der Waals surface area (Å²) in [5.41, 5.74) is 2.23. The molecule has 0 spiro atoms. The van der Waals surface area contributed by atoms with Gasteiger partial charge in [0.2, 0.25) is 5.91 Å². The number of hydrogen-bond donors (Lipinski definition) is 2. The number of rotatable bonds is 5. The van der Waals surface area contributed by atoms with E-state index in [1.807, 2.05) is 19.2 Å². The van der Waals surface area contributed by atoms with Gasteiger partial charge in [0.05, 0.1) is 0 Å². The van der Waals surface area contributed by atoms with Crippen LogP contribution in [0.2, 0.25) is 0 Å². The Hall–Kier alpha value is -1.58. The molecule has 2 N–H and O–H groups in total. The first-order valence-corrected chi connectivity index (χ1v) is 8.18. The minimum absolute atomic E-state index is 0.276. The Labute approximate surface area is 126 Å². The molecule has 0 saturated heterocycles. The number of fused-ring (bicyclic) bond motifs is 1. The predicted octanol–water partition coefficient (Wildman–Crippen LogP) is 2.74. The molecule has 114 valence electrons. The van der Waals surface area contributed by atoms with E-state index in [2.05, 4.69) is 15.6 Å². The van der Waals surface area contributed by atoms with Crippen molar-refractivity contribution in [1.82, 2.24) is 10.3 Å². The second-order valence-electron chi connectivity index (χ2n) is 6.45. The molecule has 2 fully saturated rings. The van der Waals surface area contributed by atoms with Gasteiger partial charge in [-0.15, -0.1) is 0 Å². The van der Waals surface area contributed by atoms with Crippen molar-refractivity contribution in [3.8, 4) is 0 Å². The highest BCUT2D eigenvalue weighted by Gasteiger charge is 2.42. The van der Waals surface area contributed by atoms with E-state index in [1.54, 1.807) is 6.20 Å². The Bertz CT molecular complexity index is 503. The van der Waals surface area contributed by atoms with Crippen LogP contribution in [0.3, 0.4) is 0 Å². The average Bonchev–Trinajstić information content (AvgIpc) is 3.07. The Morgan fingerprint density at radius 2 is 2.19 bits per heavy atom. The molecule has 2 saturated carbocycles. The molecule has 4 heteroatoms. The predicted molar refractivity (Wildman–Crippen MR) is 84.0 cm³/mol. The molecule has 21 heavy (non-hydrogen) atoms. The second-order valence-corrected chi connectivity index (χ2v) is 6.45. The van der Waals surface area contributed by atoms with E-state index in [0.29, 0.717) is 12.5 Å². The van der Waals surface area contributed by atoms with E-state index in [-0.39, 0.29) is 11.8 Å². The van der Waals surface area contributed by atoms with Crippen LogP contribution in [-0.4, -0.2) is 24.0 Å². The van der Waals surface area contributed by atoms with Gasteiger partial charge in [-0.25, -0.2) is 0 Å². The number of aromatic nitrogens is 1. The van der Waals surface area contributed by atoms with E-state index in [1.165, 1.54) is 25.7 Å². The van der Waals surface area contributed by atoms with Gasteiger partial charge in [-0.1, -0.05) is 12.8 Å². The lowest BCUT2D eigenvalue weighted by Crippen LogP contribution is -2.35. The zero-order chi connectivity index (χ0) is 14.7. The number of anilines is 1. The first-order valence-electron chi connectivity index (χ1n) is 8.18. The molecule has 2 aliphatic carbocycles. The molecule has 1 heterocycles. The fourth-order valence-corrected chi connectivity index (χ4v) is 4.07. The maximum atomic E-state index is 12.3. The molecule has 4 nitrogen and oxygen atoms in total. The molecule has 0 bridgehead atoms. The summed E-state index contributed by atoms with van der Waals surface area (Å²) in [6.07, 6.45) is 9.91. The van der Waals surface area contributed by atoms with E-state index >= 15 is 0 Å². The number of carbonyl (C=O) groups is 1. The number of nitrogens with one attached hydrogen (secondary N) is 2. The average molecular weight is 287 g/mol. The SMILES string of the molecule is Cc1cnccc1NCCNC(=O)[C@H]1CC[C@@H]2CCC[C@@H]21. The van der Waals surface area contributed by atoms with Gasteiger partial charge in [0.25, 0.3) is 0 Å². The molecule has 0 radical (unpaired) electrons. The van der Waals surface area contributed by atoms with Crippen LogP contribution in [0.1, 0.15) is 37.7 Å². The molecule has 1 aromatic rings. The van der Waals surface area contributed by atoms with E-state index in [9.17, 15) is 4.79 Å². The summed E-state index contributed by atoms with van der Waals surface area (Å²) in [6, 6.07) is 1.97. The highest BCUT2D eigenvalue weighted by molar-refractivity contribution is 5.79. The number of pyridine rings is 1. The van der Waals surface area contributed by atoms with Gasteiger partial charge in [-0.3, -0.25) is 9.78 Å². The third-order valence-electron chi connectivity index (χ3n) is 5.18. The topological polar surface area (TPSA) is 54.0 Å². The van der Waals surface area contributed by atoms with E-state index in [4.69, 9.17) is 0 Å². The molecular weight excluding hydrogens is 262 g/mol. The summed E-state index contributed by atoms with van der Waals surface area (Å²) in [5.74, 6) is 2.05. The van der Waals surface area contributed by atoms with Gasteiger partial charge in [-0.2, -0.15) is 0 Å². The van der Waals surface area contributed by atoms with Crippen LogP contribution in [0.4, 0.5) is 5.69 Å². The minimum atomic E-state index is 0.276. The van der Waals surface area contributed by atoms with Crippen LogP contribution in [0, 0.1) is 24.7 Å². The first-order chi connectivity index (χ1) is 10.3. The fourth-order valence-electron chi connectivity index (χ4n) is 4.07. The Morgan fingerprint density at radius 3 is 3.05 bits per heavy atom. The van der Waals surface area contributed by atoms with Gasteiger partial charge in [0.1, 0.15) is 0 Å². The molecule has 0 unspecified atom stereocenters. The van der Waals surface area contributed by atoms with Gasteiger partial charge < -0.3 is 10.6 Å². The number of carbonyl (C=O) groups excluding carboxylic acids is 1. The highest BCUT2D eigenvalue weighted by Crippen LogP contribution is 2.47. The Kier molecular flexibility index (Phi) is 4.42. The van der Waals surface area contributed by atoms with Gasteiger partial charge in [0, 0.05) is 37.1 Å². The van der Waals surface area contributed by atoms with Gasteiger partial charge in [0.15, 0.2) is 0 Å². The summed E-state index contributed by atoms with van der Waals surface area (Å²) in [4.78, 5) is 16.4. The summed E-state index contributed by atoms with van der Waals surface area (Å²) in [6.45, 7) is 3.48. The van der Waals surface area contributed by atoms with Crippen LogP contribution in [0.25, 0.3) is 0 Å². The monoisotopic (exact) mass is 287 g/mol. The fraction of sp³-hybridized carbons (Fsp3) is 0.647. The maximum Gasteiger partial charge on any atom is 0.223 e. The lowest BCUT2D eigenvalue weighted by atomic mass is 9.91. The Balaban J connectivity index is 1.41. The zero-order valence-electron chi connectivity index (χ0n) is 12.8. The number of aryl methyl sites for hydroxylation is 1.